The summed E-state index contributed by atoms with van der Waals surface area (Å²) in [5.74, 6) is -0.259. The highest BCUT2D eigenvalue weighted by atomic mass is 32.1. The van der Waals surface area contributed by atoms with Gasteiger partial charge in [0.25, 0.3) is 5.56 Å². The first-order chi connectivity index (χ1) is 9.15. The molecule has 0 aliphatic rings. The molecule has 19 heavy (non-hydrogen) atoms. The van der Waals surface area contributed by atoms with Crippen molar-refractivity contribution in [2.24, 2.45) is 0 Å². The Morgan fingerprint density at radius 2 is 2.21 bits per heavy atom. The Hall–Kier alpha value is -2.15. The fourth-order valence-electron chi connectivity index (χ4n) is 1.56. The largest absolute Gasteiger partial charge is 0.354 e. The molecule has 0 unspecified atom stereocenters. The summed E-state index contributed by atoms with van der Waals surface area (Å²) >= 11 is 1.64. The lowest BCUT2D eigenvalue weighted by Gasteiger charge is -2.05. The van der Waals surface area contributed by atoms with Crippen LogP contribution in [0.3, 0.4) is 0 Å². The highest BCUT2D eigenvalue weighted by molar-refractivity contribution is 7.09. The first-order valence-electron chi connectivity index (χ1n) is 5.74. The number of carbonyl (C=O) groups excluding carboxylic acids is 1. The normalized spacial score (nSPS) is 10.3. The van der Waals surface area contributed by atoms with E-state index in [9.17, 15) is 14.4 Å². The Kier molecular flexibility index (Phi) is 4.30. The third-order valence-electron chi connectivity index (χ3n) is 2.48. The molecule has 0 saturated heterocycles. The fourth-order valence-corrected chi connectivity index (χ4v) is 2.27. The van der Waals surface area contributed by atoms with E-state index >= 15 is 0 Å². The van der Waals surface area contributed by atoms with Crippen LogP contribution in [0.4, 0.5) is 0 Å². The average Bonchev–Trinajstić information content (AvgIpc) is 2.86. The van der Waals surface area contributed by atoms with Gasteiger partial charge in [-0.3, -0.25) is 19.1 Å². The quantitative estimate of drug-likeness (QED) is 0.805. The molecular weight excluding hydrogens is 266 g/mol. The molecule has 1 amide bonds. The van der Waals surface area contributed by atoms with Crippen LogP contribution in [-0.2, 0) is 17.8 Å². The van der Waals surface area contributed by atoms with Crippen molar-refractivity contribution in [3.63, 3.8) is 0 Å². The van der Waals surface area contributed by atoms with Gasteiger partial charge in [-0.25, -0.2) is 4.79 Å². The van der Waals surface area contributed by atoms with Crippen molar-refractivity contribution in [1.29, 1.82) is 0 Å². The van der Waals surface area contributed by atoms with Gasteiger partial charge in [0.15, 0.2) is 0 Å². The summed E-state index contributed by atoms with van der Waals surface area (Å²) in [7, 11) is 0. The van der Waals surface area contributed by atoms with Gasteiger partial charge in [0.1, 0.15) is 6.54 Å². The molecule has 0 spiro atoms. The molecule has 0 fully saturated rings. The number of aromatic nitrogens is 2. The second kappa shape index (κ2) is 6.14. The van der Waals surface area contributed by atoms with Crippen molar-refractivity contribution in [3.8, 4) is 0 Å². The van der Waals surface area contributed by atoms with Gasteiger partial charge in [0, 0.05) is 23.7 Å². The van der Waals surface area contributed by atoms with E-state index in [0.717, 1.165) is 11.0 Å². The lowest BCUT2D eigenvalue weighted by molar-refractivity contribution is -0.121. The molecule has 2 rings (SSSR count). The Morgan fingerprint density at radius 3 is 2.89 bits per heavy atom. The molecule has 2 aromatic heterocycles. The number of hydrogen-bond donors (Lipinski definition) is 2. The maximum atomic E-state index is 11.6. The Morgan fingerprint density at radius 1 is 1.37 bits per heavy atom. The number of H-pyrrole nitrogens is 1. The van der Waals surface area contributed by atoms with Gasteiger partial charge in [0.05, 0.1) is 0 Å². The van der Waals surface area contributed by atoms with Gasteiger partial charge >= 0.3 is 5.69 Å². The second-order valence-electron chi connectivity index (χ2n) is 3.92. The third-order valence-corrected chi connectivity index (χ3v) is 3.42. The zero-order valence-electron chi connectivity index (χ0n) is 10.1. The number of carbonyl (C=O) groups is 1. The lowest BCUT2D eigenvalue weighted by atomic mass is 10.3. The fraction of sp³-hybridized carbons (Fsp3) is 0.250. The summed E-state index contributed by atoms with van der Waals surface area (Å²) in [6, 6.07) is 5.17. The summed E-state index contributed by atoms with van der Waals surface area (Å²) in [5.41, 5.74) is -1.06. The molecule has 100 valence electrons. The SMILES string of the molecule is O=C(Cn1ccc(=O)[nH]c1=O)NCCc1cccs1. The van der Waals surface area contributed by atoms with Crippen molar-refractivity contribution in [3.05, 3.63) is 55.5 Å². The maximum Gasteiger partial charge on any atom is 0.328 e. The number of thiophene rings is 1. The van der Waals surface area contributed by atoms with Gasteiger partial charge in [-0.1, -0.05) is 6.07 Å². The molecule has 0 radical (unpaired) electrons. The summed E-state index contributed by atoms with van der Waals surface area (Å²) in [4.78, 5) is 37.1. The summed E-state index contributed by atoms with van der Waals surface area (Å²) in [6.45, 7) is 0.428. The lowest BCUT2D eigenvalue weighted by Crippen LogP contribution is -2.36. The standard InChI is InChI=1S/C12H13N3O3S/c16-10-4-6-15(12(18)14-10)8-11(17)13-5-3-9-2-1-7-19-9/h1-2,4,6-7H,3,5,8H2,(H,13,17)(H,14,16,18). The molecule has 0 atom stereocenters. The van der Waals surface area contributed by atoms with Crippen LogP contribution in [0.5, 0.6) is 0 Å². The molecular formula is C12H13N3O3S. The van der Waals surface area contributed by atoms with Crippen molar-refractivity contribution >= 4 is 17.2 Å². The van der Waals surface area contributed by atoms with Crippen LogP contribution in [-0.4, -0.2) is 22.0 Å². The van der Waals surface area contributed by atoms with E-state index in [2.05, 4.69) is 10.3 Å². The maximum absolute atomic E-state index is 11.6. The van der Waals surface area contributed by atoms with E-state index < -0.39 is 11.2 Å². The van der Waals surface area contributed by atoms with Gasteiger partial charge in [0.2, 0.25) is 5.91 Å². The van der Waals surface area contributed by atoms with E-state index in [4.69, 9.17) is 0 Å². The Balaban J connectivity index is 1.84. The monoisotopic (exact) mass is 279 g/mol. The van der Waals surface area contributed by atoms with Crippen molar-refractivity contribution in [2.75, 3.05) is 6.54 Å². The van der Waals surface area contributed by atoms with E-state index in [1.807, 2.05) is 17.5 Å². The van der Waals surface area contributed by atoms with Crippen molar-refractivity contribution < 1.29 is 4.79 Å². The predicted octanol–water partition coefficient (Wildman–Crippen LogP) is -0.0430. The van der Waals surface area contributed by atoms with Gasteiger partial charge in [-0.2, -0.15) is 0 Å². The molecule has 7 heteroatoms. The van der Waals surface area contributed by atoms with Gasteiger partial charge in [-0.15, -0.1) is 11.3 Å². The number of hydrogen-bond acceptors (Lipinski definition) is 4. The number of rotatable bonds is 5. The van der Waals surface area contributed by atoms with E-state index in [0.29, 0.717) is 6.54 Å². The summed E-state index contributed by atoms with van der Waals surface area (Å²) in [5, 5.41) is 4.71. The molecule has 0 aromatic carbocycles. The molecule has 0 aliphatic carbocycles. The number of nitrogens with zero attached hydrogens (tertiary/aromatic N) is 1. The molecule has 2 N–H and O–H groups in total. The molecule has 0 aliphatic heterocycles. The topological polar surface area (TPSA) is 84.0 Å². The van der Waals surface area contributed by atoms with Crippen LogP contribution in [0.25, 0.3) is 0 Å². The van der Waals surface area contributed by atoms with E-state index in [-0.39, 0.29) is 12.5 Å². The van der Waals surface area contributed by atoms with E-state index in [1.165, 1.54) is 17.1 Å². The third kappa shape index (κ3) is 3.92. The van der Waals surface area contributed by atoms with Crippen molar-refractivity contribution in [1.82, 2.24) is 14.9 Å². The zero-order chi connectivity index (χ0) is 13.7. The number of amides is 1. The molecule has 2 heterocycles. The van der Waals surface area contributed by atoms with Gasteiger partial charge < -0.3 is 5.32 Å². The number of aromatic amines is 1. The first-order valence-corrected chi connectivity index (χ1v) is 6.62. The predicted molar refractivity (Wildman–Crippen MR) is 72.4 cm³/mol. The minimum Gasteiger partial charge on any atom is -0.354 e. The smallest absolute Gasteiger partial charge is 0.328 e. The molecule has 6 nitrogen and oxygen atoms in total. The highest BCUT2D eigenvalue weighted by Gasteiger charge is 2.04. The molecule has 0 bridgehead atoms. The van der Waals surface area contributed by atoms with Crippen molar-refractivity contribution in [2.45, 2.75) is 13.0 Å². The minimum atomic E-state index is -0.582. The van der Waals surface area contributed by atoms with Crippen LogP contribution in [0.2, 0.25) is 0 Å². The summed E-state index contributed by atoms with van der Waals surface area (Å²) < 4.78 is 1.15. The number of nitrogens with one attached hydrogen (secondary N) is 2. The molecule has 0 saturated carbocycles. The first kappa shape index (κ1) is 13.3. The molecule has 2 aromatic rings. The Labute approximate surface area is 112 Å². The van der Waals surface area contributed by atoms with Gasteiger partial charge in [-0.05, 0) is 17.9 Å². The van der Waals surface area contributed by atoms with Crippen LogP contribution < -0.4 is 16.6 Å². The minimum absolute atomic E-state index is 0.0972. The zero-order valence-corrected chi connectivity index (χ0v) is 10.9. The van der Waals surface area contributed by atoms with Crippen LogP contribution in [0.1, 0.15) is 4.88 Å². The van der Waals surface area contributed by atoms with Crippen LogP contribution >= 0.6 is 11.3 Å². The van der Waals surface area contributed by atoms with Crippen LogP contribution in [0, 0.1) is 0 Å². The average molecular weight is 279 g/mol. The Bertz CT molecular complexity index is 657. The van der Waals surface area contributed by atoms with E-state index in [1.54, 1.807) is 11.3 Å². The van der Waals surface area contributed by atoms with Crippen LogP contribution in [0.15, 0.2) is 39.4 Å². The highest BCUT2D eigenvalue weighted by Crippen LogP contribution is 2.07. The summed E-state index contributed by atoms with van der Waals surface area (Å²) in [6.07, 6.45) is 2.07. The second-order valence-corrected chi connectivity index (χ2v) is 4.95.